The number of piperidine rings is 1. The fraction of sp³-hybridized carbons (Fsp3) is 0.650. The van der Waals surface area contributed by atoms with Gasteiger partial charge in [-0.3, -0.25) is 9.58 Å². The van der Waals surface area contributed by atoms with Crippen LogP contribution in [0, 0.1) is 6.92 Å². The second-order valence-corrected chi connectivity index (χ2v) is 7.90. The molecule has 2 aliphatic rings. The summed E-state index contributed by atoms with van der Waals surface area (Å²) in [5.74, 6) is -0.159. The summed E-state index contributed by atoms with van der Waals surface area (Å²) in [4.78, 5) is 10.2. The number of alkyl halides is 3. The minimum atomic E-state index is -4.53. The van der Waals surface area contributed by atoms with Gasteiger partial charge in [0.25, 0.3) is 0 Å². The van der Waals surface area contributed by atoms with Gasteiger partial charge in [-0.2, -0.15) is 23.3 Å². The summed E-state index contributed by atoms with van der Waals surface area (Å²) < 4.78 is 52.5. The second kappa shape index (κ2) is 9.59. The van der Waals surface area contributed by atoms with Crippen LogP contribution >= 0.6 is 0 Å². The van der Waals surface area contributed by atoms with E-state index in [1.807, 2.05) is 11.6 Å². The van der Waals surface area contributed by atoms with Crippen LogP contribution in [0.25, 0.3) is 0 Å². The van der Waals surface area contributed by atoms with E-state index in [0.717, 1.165) is 44.4 Å². The van der Waals surface area contributed by atoms with Gasteiger partial charge in [0.15, 0.2) is 6.29 Å². The quantitative estimate of drug-likeness (QED) is 0.658. The summed E-state index contributed by atoms with van der Waals surface area (Å²) in [5, 5.41) is 10.2. The molecular formula is C20H28F3N7O2. The van der Waals surface area contributed by atoms with Crippen LogP contribution in [0.15, 0.2) is 12.4 Å². The average Bonchev–Trinajstić information content (AvgIpc) is 3.39. The molecule has 0 amide bonds. The highest BCUT2D eigenvalue weighted by molar-refractivity contribution is 5.58. The molecule has 2 N–H and O–H groups in total. The van der Waals surface area contributed by atoms with E-state index in [-0.39, 0.29) is 24.1 Å². The fourth-order valence-corrected chi connectivity index (χ4v) is 4.06. The van der Waals surface area contributed by atoms with Crippen LogP contribution in [0.3, 0.4) is 0 Å². The van der Waals surface area contributed by atoms with Gasteiger partial charge in [-0.25, -0.2) is 4.98 Å². The zero-order valence-electron chi connectivity index (χ0n) is 18.2. The normalized spacial score (nSPS) is 18.9. The van der Waals surface area contributed by atoms with Crippen molar-refractivity contribution in [3.05, 3.63) is 23.7 Å². The summed E-state index contributed by atoms with van der Waals surface area (Å²) in [7, 11) is 0. The van der Waals surface area contributed by atoms with E-state index in [4.69, 9.17) is 9.47 Å². The monoisotopic (exact) mass is 455 g/mol. The summed E-state index contributed by atoms with van der Waals surface area (Å²) in [6.07, 6.45) is -0.325. The zero-order valence-corrected chi connectivity index (χ0v) is 18.2. The molecule has 0 aliphatic carbocycles. The molecule has 0 radical (unpaired) electrons. The van der Waals surface area contributed by atoms with E-state index < -0.39 is 11.7 Å². The lowest BCUT2D eigenvalue weighted by Crippen LogP contribution is -2.40. The minimum absolute atomic E-state index is 0.0861. The van der Waals surface area contributed by atoms with Gasteiger partial charge < -0.3 is 20.1 Å². The maximum atomic E-state index is 13.2. The third kappa shape index (κ3) is 5.13. The third-order valence-electron chi connectivity index (χ3n) is 5.73. The highest BCUT2D eigenvalue weighted by Crippen LogP contribution is 2.34. The highest BCUT2D eigenvalue weighted by atomic mass is 19.4. The number of likely N-dealkylation sites (tertiary alicyclic amines) is 1. The molecule has 2 aliphatic heterocycles. The SMILES string of the molecule is CCNc1nc(Nc2cnn(C3CCN(CC4OCCO4)CC3)c2C)ncc1C(F)(F)F. The van der Waals surface area contributed by atoms with Crippen LogP contribution in [-0.4, -0.2) is 70.3 Å². The number of rotatable bonds is 7. The van der Waals surface area contributed by atoms with Crippen molar-refractivity contribution >= 4 is 17.5 Å². The van der Waals surface area contributed by atoms with Gasteiger partial charge in [0.1, 0.15) is 11.4 Å². The van der Waals surface area contributed by atoms with Gasteiger partial charge in [0, 0.05) is 32.4 Å². The predicted octanol–water partition coefficient (Wildman–Crippen LogP) is 3.19. The first kappa shape index (κ1) is 22.7. The van der Waals surface area contributed by atoms with E-state index in [9.17, 15) is 13.2 Å². The van der Waals surface area contributed by atoms with Crippen LogP contribution in [0.1, 0.15) is 37.1 Å². The third-order valence-corrected chi connectivity index (χ3v) is 5.73. The molecule has 0 bridgehead atoms. The first-order chi connectivity index (χ1) is 15.3. The molecule has 0 spiro atoms. The Hall–Kier alpha value is -2.44. The van der Waals surface area contributed by atoms with Gasteiger partial charge in [0.2, 0.25) is 5.95 Å². The Labute approximate surface area is 184 Å². The number of aromatic nitrogens is 4. The number of hydrogen-bond acceptors (Lipinski definition) is 8. The maximum absolute atomic E-state index is 13.2. The number of nitrogens with one attached hydrogen (secondary N) is 2. The molecule has 0 unspecified atom stereocenters. The lowest BCUT2D eigenvalue weighted by atomic mass is 10.0. The van der Waals surface area contributed by atoms with Crippen molar-refractivity contribution in [2.75, 3.05) is 50.0 Å². The molecule has 2 aromatic heterocycles. The average molecular weight is 455 g/mol. The molecule has 2 aromatic rings. The van der Waals surface area contributed by atoms with Gasteiger partial charge >= 0.3 is 6.18 Å². The van der Waals surface area contributed by atoms with Crippen molar-refractivity contribution < 1.29 is 22.6 Å². The molecule has 32 heavy (non-hydrogen) atoms. The van der Waals surface area contributed by atoms with Crippen molar-refractivity contribution in [3.8, 4) is 0 Å². The minimum Gasteiger partial charge on any atom is -0.370 e. The van der Waals surface area contributed by atoms with Crippen molar-refractivity contribution in [2.45, 2.75) is 45.2 Å². The summed E-state index contributed by atoms with van der Waals surface area (Å²) >= 11 is 0. The Morgan fingerprint density at radius 2 is 1.88 bits per heavy atom. The van der Waals surface area contributed by atoms with Crippen molar-refractivity contribution in [1.29, 1.82) is 0 Å². The van der Waals surface area contributed by atoms with Crippen molar-refractivity contribution in [2.24, 2.45) is 0 Å². The standard InChI is InChI=1S/C20H28F3N7O2/c1-3-24-18-15(20(21,22)23)10-25-19(28-18)27-16-11-26-30(13(16)2)14-4-6-29(7-5-14)12-17-31-8-9-32-17/h10-11,14,17H,3-9,12H2,1-2H3,(H2,24,25,27,28). The van der Waals surface area contributed by atoms with Gasteiger partial charge in [-0.1, -0.05) is 0 Å². The lowest BCUT2D eigenvalue weighted by Gasteiger charge is -2.33. The predicted molar refractivity (Wildman–Crippen MR) is 112 cm³/mol. The van der Waals surface area contributed by atoms with Gasteiger partial charge in [-0.05, 0) is 26.7 Å². The highest BCUT2D eigenvalue weighted by Gasteiger charge is 2.35. The summed E-state index contributed by atoms with van der Waals surface area (Å²) in [6.45, 7) is 7.88. The summed E-state index contributed by atoms with van der Waals surface area (Å²) in [5.41, 5.74) is 0.666. The van der Waals surface area contributed by atoms with Crippen molar-refractivity contribution in [3.63, 3.8) is 0 Å². The Bertz CT molecular complexity index is 907. The Morgan fingerprint density at radius 3 is 2.53 bits per heavy atom. The molecule has 4 heterocycles. The van der Waals surface area contributed by atoms with Gasteiger partial charge in [-0.15, -0.1) is 0 Å². The maximum Gasteiger partial charge on any atom is 0.421 e. The molecule has 9 nitrogen and oxygen atoms in total. The molecule has 0 aromatic carbocycles. The smallest absolute Gasteiger partial charge is 0.370 e. The summed E-state index contributed by atoms with van der Waals surface area (Å²) in [6, 6.07) is 0.248. The molecule has 176 valence electrons. The molecule has 4 rings (SSSR count). The Kier molecular flexibility index (Phi) is 6.82. The number of halogens is 3. The largest absolute Gasteiger partial charge is 0.421 e. The number of nitrogens with zero attached hydrogens (tertiary/aromatic N) is 5. The van der Waals surface area contributed by atoms with Crippen LogP contribution in [-0.2, 0) is 15.7 Å². The van der Waals surface area contributed by atoms with Crippen LogP contribution in [0.4, 0.5) is 30.6 Å². The van der Waals surface area contributed by atoms with E-state index in [2.05, 4.69) is 30.6 Å². The van der Waals surface area contributed by atoms with Crippen LogP contribution < -0.4 is 10.6 Å². The number of hydrogen-bond donors (Lipinski definition) is 2. The number of ether oxygens (including phenoxy) is 2. The van der Waals surface area contributed by atoms with Crippen LogP contribution in [0.5, 0.6) is 0 Å². The molecule has 2 saturated heterocycles. The van der Waals surface area contributed by atoms with Gasteiger partial charge in [0.05, 0.1) is 36.8 Å². The molecular weight excluding hydrogens is 427 g/mol. The van der Waals surface area contributed by atoms with E-state index in [0.29, 0.717) is 25.4 Å². The Morgan fingerprint density at radius 1 is 1.16 bits per heavy atom. The molecule has 0 atom stereocenters. The topological polar surface area (TPSA) is 89.4 Å². The Balaban J connectivity index is 1.40. The molecule has 2 fully saturated rings. The van der Waals surface area contributed by atoms with Crippen molar-refractivity contribution in [1.82, 2.24) is 24.6 Å². The fourth-order valence-electron chi connectivity index (χ4n) is 4.06. The first-order valence-corrected chi connectivity index (χ1v) is 10.8. The first-order valence-electron chi connectivity index (χ1n) is 10.8. The molecule has 0 saturated carbocycles. The van der Waals surface area contributed by atoms with E-state index in [1.54, 1.807) is 13.1 Å². The molecule has 12 heteroatoms. The number of anilines is 3. The second-order valence-electron chi connectivity index (χ2n) is 7.90. The lowest BCUT2D eigenvalue weighted by molar-refractivity contribution is -0.137. The van der Waals surface area contributed by atoms with Crippen LogP contribution in [0.2, 0.25) is 0 Å². The van der Waals surface area contributed by atoms with E-state index >= 15 is 0 Å². The zero-order chi connectivity index (χ0) is 22.7. The van der Waals surface area contributed by atoms with E-state index in [1.165, 1.54) is 0 Å².